The monoisotopic (exact) mass is 560 g/mol. The van der Waals surface area contributed by atoms with Gasteiger partial charge in [0.05, 0.1) is 0 Å². The average molecular weight is 561 g/mol. The molecule has 3 aromatic heterocycles. The summed E-state index contributed by atoms with van der Waals surface area (Å²) in [5.74, 6) is 1.63. The van der Waals surface area contributed by atoms with Crippen LogP contribution >= 0.6 is 0 Å². The van der Waals surface area contributed by atoms with E-state index in [1.54, 1.807) is 6.20 Å². The molecule has 10 nitrogen and oxygen atoms in total. The van der Waals surface area contributed by atoms with Crippen molar-refractivity contribution in [3.8, 4) is 0 Å². The lowest BCUT2D eigenvalue weighted by atomic mass is 9.93. The lowest BCUT2D eigenvalue weighted by molar-refractivity contribution is -0.117. The number of benzene rings is 2. The van der Waals surface area contributed by atoms with Crippen molar-refractivity contribution in [3.63, 3.8) is 0 Å². The maximum absolute atomic E-state index is 13.2. The molecule has 3 N–H and O–H groups in total. The molecule has 1 fully saturated rings. The quantitative estimate of drug-likeness (QED) is 0.237. The van der Waals surface area contributed by atoms with Crippen LogP contribution < -0.4 is 20.9 Å². The van der Waals surface area contributed by atoms with Gasteiger partial charge in [-0.2, -0.15) is 9.97 Å². The number of hydrogen-bond donors (Lipinski definition) is 3. The largest absolute Gasteiger partial charge is 0.404 e. The molecular weight excluding hydrogens is 528 g/mol. The van der Waals surface area contributed by atoms with Gasteiger partial charge in [-0.1, -0.05) is 12.1 Å². The first-order chi connectivity index (χ1) is 20.6. The van der Waals surface area contributed by atoms with Crippen LogP contribution in [0.25, 0.3) is 11.2 Å². The molecule has 1 saturated heterocycles. The first-order valence-corrected chi connectivity index (χ1v) is 14.4. The minimum Gasteiger partial charge on any atom is -0.404 e. The number of anilines is 6. The molecule has 1 amide bonds. The smallest absolute Gasteiger partial charge is 0.299 e. The van der Waals surface area contributed by atoms with Crippen LogP contribution in [0.5, 0.6) is 0 Å². The number of piperidine rings is 1. The zero-order valence-corrected chi connectivity index (χ0v) is 23.4. The Balaban J connectivity index is 1.04. The number of oxazole rings is 1. The highest BCUT2D eigenvalue weighted by Gasteiger charge is 2.25. The van der Waals surface area contributed by atoms with E-state index in [1.165, 1.54) is 5.56 Å². The van der Waals surface area contributed by atoms with E-state index in [0.717, 1.165) is 78.3 Å². The SMILES string of the molecule is Cc1cnc2nc1Nc1ccc(NC(=O)CC3CCN(c4nc5cccnc5o4)CC3)c(c1)CCc1cccc(c1)N2. The summed E-state index contributed by atoms with van der Waals surface area (Å²) in [6.45, 7) is 3.58. The van der Waals surface area contributed by atoms with Gasteiger partial charge in [-0.25, -0.2) is 9.97 Å². The summed E-state index contributed by atoms with van der Waals surface area (Å²) in [6.07, 6.45) is 7.43. The fourth-order valence-corrected chi connectivity index (χ4v) is 5.66. The molecule has 7 rings (SSSR count). The molecule has 5 heterocycles. The van der Waals surface area contributed by atoms with Crippen molar-refractivity contribution in [2.24, 2.45) is 5.92 Å². The van der Waals surface area contributed by atoms with E-state index in [2.05, 4.69) is 54.0 Å². The fourth-order valence-electron chi connectivity index (χ4n) is 5.66. The van der Waals surface area contributed by atoms with E-state index in [9.17, 15) is 4.79 Å². The Kier molecular flexibility index (Phi) is 6.87. The Morgan fingerprint density at radius 2 is 1.88 bits per heavy atom. The minimum atomic E-state index is 0.0434. The van der Waals surface area contributed by atoms with Crippen LogP contribution in [0.1, 0.15) is 36.0 Å². The Labute approximate surface area is 243 Å². The third-order valence-electron chi connectivity index (χ3n) is 7.99. The van der Waals surface area contributed by atoms with Gasteiger partial charge in [-0.15, -0.1) is 0 Å². The number of carbonyl (C=O) groups is 1. The number of hydrogen-bond acceptors (Lipinski definition) is 9. The molecule has 0 unspecified atom stereocenters. The number of amides is 1. The maximum atomic E-state index is 13.2. The van der Waals surface area contributed by atoms with E-state index in [1.807, 2.05) is 49.5 Å². The molecule has 6 bridgehead atoms. The van der Waals surface area contributed by atoms with Crippen LogP contribution in [0.3, 0.4) is 0 Å². The van der Waals surface area contributed by atoms with E-state index in [4.69, 9.17) is 9.40 Å². The lowest BCUT2D eigenvalue weighted by Gasteiger charge is -2.30. The van der Waals surface area contributed by atoms with E-state index < -0.39 is 0 Å². The van der Waals surface area contributed by atoms with E-state index in [0.29, 0.717) is 30.0 Å². The van der Waals surface area contributed by atoms with Gasteiger partial charge < -0.3 is 25.3 Å². The number of pyridine rings is 1. The topological polar surface area (TPSA) is 121 Å². The third-order valence-corrected chi connectivity index (χ3v) is 7.99. The standard InChI is InChI=1S/C32H32N8O2/c1-20-19-34-31-36-24-5-2-4-21(16-24)7-8-23-18-25(35-29(20)39-31)9-10-26(23)37-28(41)17-22-11-14-40(15-12-22)32-38-27-6-3-13-33-30(27)42-32/h2-6,9-10,13,16,18-19,22H,7-8,11-12,14-15,17H2,1H3,(H,37,41)(H2,34,35,36,39). The van der Waals surface area contributed by atoms with Crippen LogP contribution in [-0.4, -0.2) is 38.9 Å². The summed E-state index contributed by atoms with van der Waals surface area (Å²) in [5, 5.41) is 9.98. The summed E-state index contributed by atoms with van der Waals surface area (Å²) in [4.78, 5) is 33.3. The first-order valence-electron chi connectivity index (χ1n) is 14.4. The van der Waals surface area contributed by atoms with E-state index >= 15 is 0 Å². The van der Waals surface area contributed by atoms with Crippen molar-refractivity contribution in [1.82, 2.24) is 19.9 Å². The number of aryl methyl sites for hydroxylation is 3. The van der Waals surface area contributed by atoms with Crippen LogP contribution in [0.4, 0.5) is 34.8 Å². The molecule has 0 radical (unpaired) electrons. The maximum Gasteiger partial charge on any atom is 0.299 e. The normalized spacial score (nSPS) is 15.1. The molecule has 10 heteroatoms. The fraction of sp³-hybridized carbons (Fsp3) is 0.281. The Morgan fingerprint density at radius 3 is 2.76 bits per heavy atom. The number of aromatic nitrogens is 4. The summed E-state index contributed by atoms with van der Waals surface area (Å²) >= 11 is 0. The number of carbonyl (C=O) groups excluding carboxylic acids is 1. The summed E-state index contributed by atoms with van der Waals surface area (Å²) < 4.78 is 5.84. The zero-order valence-electron chi connectivity index (χ0n) is 23.4. The lowest BCUT2D eigenvalue weighted by Crippen LogP contribution is -2.35. The molecule has 2 aliphatic rings. The van der Waals surface area contributed by atoms with Crippen LogP contribution in [0, 0.1) is 12.8 Å². The van der Waals surface area contributed by atoms with Crippen molar-refractivity contribution in [1.29, 1.82) is 0 Å². The number of fused-ring (bicyclic) bond motifs is 7. The van der Waals surface area contributed by atoms with Crippen LogP contribution in [0.15, 0.2) is 71.4 Å². The Morgan fingerprint density at radius 1 is 1.00 bits per heavy atom. The Hall–Kier alpha value is -4.99. The molecule has 0 atom stereocenters. The summed E-state index contributed by atoms with van der Waals surface area (Å²) in [5.41, 5.74) is 7.26. The number of nitrogens with zero attached hydrogens (tertiary/aromatic N) is 5. The highest BCUT2D eigenvalue weighted by atomic mass is 16.4. The van der Waals surface area contributed by atoms with Crippen LogP contribution in [-0.2, 0) is 17.6 Å². The third kappa shape index (κ3) is 5.60. The summed E-state index contributed by atoms with van der Waals surface area (Å²) in [7, 11) is 0. The van der Waals surface area contributed by atoms with Gasteiger partial charge in [0, 0.05) is 54.5 Å². The molecular formula is C32H32N8O2. The Bertz CT molecular complexity index is 1730. The zero-order chi connectivity index (χ0) is 28.5. The predicted octanol–water partition coefficient (Wildman–Crippen LogP) is 6.15. The second-order valence-corrected chi connectivity index (χ2v) is 11.1. The van der Waals surface area contributed by atoms with Gasteiger partial charge in [0.25, 0.3) is 6.01 Å². The van der Waals surface area contributed by atoms with Gasteiger partial charge in [0.1, 0.15) is 11.3 Å². The van der Waals surface area contributed by atoms with Crippen molar-refractivity contribution in [3.05, 3.63) is 83.7 Å². The molecule has 5 aromatic rings. The molecule has 2 aliphatic heterocycles. The molecule has 212 valence electrons. The van der Waals surface area contributed by atoms with Crippen molar-refractivity contribution in [2.45, 2.75) is 39.0 Å². The van der Waals surface area contributed by atoms with Gasteiger partial charge in [-0.05, 0) is 92.1 Å². The van der Waals surface area contributed by atoms with Crippen molar-refractivity contribution < 1.29 is 9.21 Å². The molecule has 42 heavy (non-hydrogen) atoms. The molecule has 2 aromatic carbocycles. The predicted molar refractivity (Wildman–Crippen MR) is 164 cm³/mol. The molecule has 0 spiro atoms. The summed E-state index contributed by atoms with van der Waals surface area (Å²) in [6, 6.07) is 18.8. The minimum absolute atomic E-state index is 0.0434. The van der Waals surface area contributed by atoms with Gasteiger partial charge in [0.2, 0.25) is 17.6 Å². The van der Waals surface area contributed by atoms with Gasteiger partial charge in [-0.3, -0.25) is 4.79 Å². The van der Waals surface area contributed by atoms with E-state index in [-0.39, 0.29) is 5.91 Å². The van der Waals surface area contributed by atoms with Gasteiger partial charge in [0.15, 0.2) is 0 Å². The second kappa shape index (κ2) is 11.1. The molecule has 0 aliphatic carbocycles. The molecule has 0 saturated carbocycles. The average Bonchev–Trinajstić information content (AvgIpc) is 3.44. The van der Waals surface area contributed by atoms with Crippen LogP contribution in [0.2, 0.25) is 0 Å². The van der Waals surface area contributed by atoms with Crippen molar-refractivity contribution in [2.75, 3.05) is 33.9 Å². The highest BCUT2D eigenvalue weighted by Crippen LogP contribution is 2.30. The van der Waals surface area contributed by atoms with Gasteiger partial charge >= 0.3 is 0 Å². The number of rotatable bonds is 4. The van der Waals surface area contributed by atoms with Crippen molar-refractivity contribution >= 4 is 52.0 Å². The first kappa shape index (κ1) is 25.9. The highest BCUT2D eigenvalue weighted by molar-refractivity contribution is 5.92. The number of nitrogens with one attached hydrogen (secondary N) is 3. The second-order valence-electron chi connectivity index (χ2n) is 11.1.